The van der Waals surface area contributed by atoms with Crippen LogP contribution in [0.1, 0.15) is 28.5 Å². The molecule has 2 aromatic heterocycles. The number of hydrogen-bond donors (Lipinski definition) is 0. The van der Waals surface area contributed by atoms with Crippen molar-refractivity contribution in [2.24, 2.45) is 0 Å². The fraction of sp³-hybridized carbons (Fsp3) is 0.350. The number of amides is 1. The van der Waals surface area contributed by atoms with Gasteiger partial charge in [-0.3, -0.25) is 4.79 Å². The lowest BCUT2D eigenvalue weighted by molar-refractivity contribution is -0.131. The van der Waals surface area contributed by atoms with E-state index in [4.69, 9.17) is 0 Å². The summed E-state index contributed by atoms with van der Waals surface area (Å²) in [4.78, 5) is 26.1. The summed E-state index contributed by atoms with van der Waals surface area (Å²) in [6, 6.07) is 8.40. The minimum absolute atomic E-state index is 0.169. The zero-order chi connectivity index (χ0) is 18.3. The van der Waals surface area contributed by atoms with E-state index in [2.05, 4.69) is 42.0 Å². The van der Waals surface area contributed by atoms with Gasteiger partial charge in [0.15, 0.2) is 0 Å². The second-order valence-corrected chi connectivity index (χ2v) is 9.21. The van der Waals surface area contributed by atoms with E-state index >= 15 is 0 Å². The summed E-state index contributed by atoms with van der Waals surface area (Å²) in [6.45, 7) is 7.69. The van der Waals surface area contributed by atoms with E-state index in [1.807, 2.05) is 17.9 Å². The van der Waals surface area contributed by atoms with Gasteiger partial charge in [0.25, 0.3) is 0 Å². The number of thiophene rings is 1. The lowest BCUT2D eigenvalue weighted by Crippen LogP contribution is -2.40. The summed E-state index contributed by atoms with van der Waals surface area (Å²) in [5.41, 5.74) is 3.84. The van der Waals surface area contributed by atoms with Crippen molar-refractivity contribution in [3.63, 3.8) is 0 Å². The Morgan fingerprint density at radius 2 is 2.00 bits per heavy atom. The van der Waals surface area contributed by atoms with Crippen molar-refractivity contribution < 1.29 is 4.79 Å². The number of carbonyl (C=O) groups excluding carboxylic acids is 1. The predicted molar refractivity (Wildman–Crippen MR) is 108 cm³/mol. The van der Waals surface area contributed by atoms with E-state index in [1.54, 1.807) is 29.4 Å². The molecule has 4 nitrogen and oxygen atoms in total. The van der Waals surface area contributed by atoms with Crippen molar-refractivity contribution in [2.75, 3.05) is 6.54 Å². The SMILES string of the molecule is Cc1sc2ncnc(SC(C)C(=O)N3CCc4ccccc4C3)c2c1C. The van der Waals surface area contributed by atoms with Crippen LogP contribution in [0.4, 0.5) is 0 Å². The van der Waals surface area contributed by atoms with Gasteiger partial charge in [0.1, 0.15) is 16.2 Å². The third-order valence-corrected chi connectivity index (χ3v) is 7.21. The molecule has 0 saturated heterocycles. The van der Waals surface area contributed by atoms with Crippen LogP contribution in [-0.2, 0) is 17.8 Å². The zero-order valence-corrected chi connectivity index (χ0v) is 16.8. The molecule has 6 heteroatoms. The van der Waals surface area contributed by atoms with Crippen molar-refractivity contribution in [1.29, 1.82) is 0 Å². The molecule has 1 unspecified atom stereocenters. The minimum atomic E-state index is -0.169. The van der Waals surface area contributed by atoms with Crippen LogP contribution in [0.15, 0.2) is 35.6 Å². The maximum Gasteiger partial charge on any atom is 0.236 e. The molecule has 1 atom stereocenters. The summed E-state index contributed by atoms with van der Waals surface area (Å²) in [7, 11) is 0. The number of aryl methyl sites for hydroxylation is 2. The van der Waals surface area contributed by atoms with Crippen LogP contribution in [0.5, 0.6) is 0 Å². The molecule has 0 saturated carbocycles. The van der Waals surface area contributed by atoms with Gasteiger partial charge < -0.3 is 4.90 Å². The molecular weight excluding hydrogens is 362 g/mol. The number of thioether (sulfide) groups is 1. The van der Waals surface area contributed by atoms with Gasteiger partial charge >= 0.3 is 0 Å². The summed E-state index contributed by atoms with van der Waals surface area (Å²) in [6.07, 6.45) is 2.54. The highest BCUT2D eigenvalue weighted by atomic mass is 32.2. The van der Waals surface area contributed by atoms with E-state index in [0.29, 0.717) is 6.54 Å². The van der Waals surface area contributed by atoms with Crippen molar-refractivity contribution in [3.05, 3.63) is 52.2 Å². The van der Waals surface area contributed by atoms with Crippen LogP contribution < -0.4 is 0 Å². The van der Waals surface area contributed by atoms with E-state index < -0.39 is 0 Å². The predicted octanol–water partition coefficient (Wildman–Crippen LogP) is 4.37. The van der Waals surface area contributed by atoms with Crippen molar-refractivity contribution in [3.8, 4) is 0 Å². The number of benzene rings is 1. The molecule has 134 valence electrons. The number of carbonyl (C=O) groups is 1. The van der Waals surface area contributed by atoms with Gasteiger partial charge in [-0.2, -0.15) is 0 Å². The van der Waals surface area contributed by atoms with Gasteiger partial charge in [0.05, 0.1) is 5.25 Å². The molecule has 0 radical (unpaired) electrons. The molecule has 3 aromatic rings. The molecule has 0 aliphatic carbocycles. The highest BCUT2D eigenvalue weighted by molar-refractivity contribution is 8.00. The second-order valence-electron chi connectivity index (χ2n) is 6.68. The number of hydrogen-bond acceptors (Lipinski definition) is 5. The monoisotopic (exact) mass is 383 g/mol. The van der Waals surface area contributed by atoms with Crippen LogP contribution in [0.2, 0.25) is 0 Å². The van der Waals surface area contributed by atoms with E-state index in [-0.39, 0.29) is 11.2 Å². The van der Waals surface area contributed by atoms with E-state index in [9.17, 15) is 4.79 Å². The largest absolute Gasteiger partial charge is 0.337 e. The van der Waals surface area contributed by atoms with Gasteiger partial charge in [-0.25, -0.2) is 9.97 Å². The highest BCUT2D eigenvalue weighted by Crippen LogP contribution is 2.36. The molecule has 0 bridgehead atoms. The molecule has 0 spiro atoms. The van der Waals surface area contributed by atoms with Crippen LogP contribution in [-0.4, -0.2) is 32.6 Å². The Morgan fingerprint density at radius 1 is 1.23 bits per heavy atom. The first kappa shape index (κ1) is 17.5. The number of nitrogens with zero attached hydrogens (tertiary/aromatic N) is 3. The summed E-state index contributed by atoms with van der Waals surface area (Å²) < 4.78 is 0. The second kappa shape index (κ2) is 7.00. The van der Waals surface area contributed by atoms with Gasteiger partial charge in [-0.1, -0.05) is 36.0 Å². The first-order chi connectivity index (χ1) is 12.5. The Bertz CT molecular complexity index is 982. The van der Waals surface area contributed by atoms with E-state index in [1.165, 1.54) is 21.6 Å². The summed E-state index contributed by atoms with van der Waals surface area (Å²) >= 11 is 3.24. The van der Waals surface area contributed by atoms with Crippen LogP contribution in [0.3, 0.4) is 0 Å². The van der Waals surface area contributed by atoms with E-state index in [0.717, 1.165) is 28.2 Å². The Labute approximate surface area is 161 Å². The zero-order valence-electron chi connectivity index (χ0n) is 15.2. The minimum Gasteiger partial charge on any atom is -0.337 e. The fourth-order valence-electron chi connectivity index (χ4n) is 3.40. The number of rotatable bonds is 3. The lowest BCUT2D eigenvalue weighted by Gasteiger charge is -2.30. The molecular formula is C20H21N3OS2. The quantitative estimate of drug-likeness (QED) is 0.498. The third-order valence-electron chi connectivity index (χ3n) is 5.01. The fourth-order valence-corrected chi connectivity index (χ4v) is 5.52. The smallest absolute Gasteiger partial charge is 0.236 e. The van der Waals surface area contributed by atoms with Gasteiger partial charge in [0.2, 0.25) is 5.91 Å². The third kappa shape index (κ3) is 3.12. The first-order valence-corrected chi connectivity index (χ1v) is 10.5. The molecule has 3 heterocycles. The van der Waals surface area contributed by atoms with Gasteiger partial charge in [-0.05, 0) is 43.9 Å². The maximum absolute atomic E-state index is 13.0. The molecule has 0 fully saturated rings. The Morgan fingerprint density at radius 3 is 2.81 bits per heavy atom. The average molecular weight is 384 g/mol. The Kier molecular flexibility index (Phi) is 4.71. The molecule has 1 aliphatic rings. The lowest BCUT2D eigenvalue weighted by atomic mass is 10.00. The van der Waals surface area contributed by atoms with Crippen molar-refractivity contribution in [2.45, 2.75) is 44.0 Å². The Hall–Kier alpha value is -1.92. The first-order valence-electron chi connectivity index (χ1n) is 8.77. The summed E-state index contributed by atoms with van der Waals surface area (Å²) in [5, 5.41) is 1.84. The normalized spacial score (nSPS) is 15.1. The molecule has 1 amide bonds. The molecule has 26 heavy (non-hydrogen) atoms. The van der Waals surface area contributed by atoms with Crippen molar-refractivity contribution in [1.82, 2.24) is 14.9 Å². The highest BCUT2D eigenvalue weighted by Gasteiger charge is 2.26. The number of aromatic nitrogens is 2. The molecule has 1 aliphatic heterocycles. The Balaban J connectivity index is 1.54. The average Bonchev–Trinajstić information content (AvgIpc) is 2.95. The molecule has 0 N–H and O–H groups in total. The van der Waals surface area contributed by atoms with Crippen LogP contribution in [0.25, 0.3) is 10.2 Å². The topological polar surface area (TPSA) is 46.1 Å². The molecule has 1 aromatic carbocycles. The standard InChI is InChI=1S/C20H21N3OS2/c1-12-13(2)25-18-17(12)19(22-11-21-18)26-14(3)20(24)23-9-8-15-6-4-5-7-16(15)10-23/h4-7,11,14H,8-10H2,1-3H3. The number of fused-ring (bicyclic) bond motifs is 2. The summed E-state index contributed by atoms with van der Waals surface area (Å²) in [5.74, 6) is 0.181. The maximum atomic E-state index is 13.0. The van der Waals surface area contributed by atoms with Crippen LogP contribution in [0, 0.1) is 13.8 Å². The molecule has 4 rings (SSSR count). The van der Waals surface area contributed by atoms with Crippen molar-refractivity contribution >= 4 is 39.2 Å². The van der Waals surface area contributed by atoms with Gasteiger partial charge in [-0.15, -0.1) is 11.3 Å². The van der Waals surface area contributed by atoms with Gasteiger partial charge in [0, 0.05) is 23.4 Å². The van der Waals surface area contributed by atoms with Crippen LogP contribution >= 0.6 is 23.1 Å².